The van der Waals surface area contributed by atoms with Crippen LogP contribution in [0.4, 0.5) is 4.39 Å². The Bertz CT molecular complexity index is 721. The van der Waals surface area contributed by atoms with Crippen molar-refractivity contribution in [1.29, 1.82) is 0 Å². The van der Waals surface area contributed by atoms with Crippen molar-refractivity contribution < 1.29 is 14.2 Å². The van der Waals surface area contributed by atoms with E-state index < -0.39 is 0 Å². The lowest BCUT2D eigenvalue weighted by molar-refractivity contribution is 0.278. The maximum atomic E-state index is 13.1. The molecule has 0 radical (unpaired) electrons. The monoisotopic (exact) mass is 257 g/mol. The summed E-state index contributed by atoms with van der Waals surface area (Å²) >= 11 is 0. The molecule has 0 unspecified atom stereocenters. The zero-order chi connectivity index (χ0) is 13.2. The van der Waals surface area contributed by atoms with Gasteiger partial charge in [0, 0.05) is 22.7 Å². The molecule has 3 nitrogen and oxygen atoms in total. The molecular weight excluding hydrogens is 245 g/mol. The van der Waals surface area contributed by atoms with Gasteiger partial charge in [0.2, 0.25) is 0 Å². The molecule has 2 aromatic carbocycles. The number of aromatic amines is 1. The third-order valence-corrected chi connectivity index (χ3v) is 2.87. The Morgan fingerprint density at radius 1 is 1.11 bits per heavy atom. The van der Waals surface area contributed by atoms with E-state index in [-0.39, 0.29) is 12.4 Å². The van der Waals surface area contributed by atoms with Crippen molar-refractivity contribution in [2.75, 3.05) is 0 Å². The Hall–Kier alpha value is -2.33. The highest BCUT2D eigenvalue weighted by molar-refractivity contribution is 5.87. The van der Waals surface area contributed by atoms with E-state index in [9.17, 15) is 4.39 Å². The number of aromatic nitrogens is 1. The van der Waals surface area contributed by atoms with E-state index in [1.807, 2.05) is 24.3 Å². The van der Waals surface area contributed by atoms with Gasteiger partial charge in [-0.2, -0.15) is 0 Å². The molecule has 0 bridgehead atoms. The van der Waals surface area contributed by atoms with Crippen molar-refractivity contribution in [3.63, 3.8) is 0 Å². The molecule has 0 saturated carbocycles. The molecule has 3 aromatic rings. The first-order valence-electron chi connectivity index (χ1n) is 5.91. The van der Waals surface area contributed by atoms with E-state index in [2.05, 4.69) is 4.98 Å². The van der Waals surface area contributed by atoms with Crippen LogP contribution in [-0.4, -0.2) is 10.1 Å². The molecule has 0 saturated heterocycles. The van der Waals surface area contributed by atoms with Crippen LogP contribution < -0.4 is 4.74 Å². The summed E-state index contributed by atoms with van der Waals surface area (Å²) in [6.45, 7) is -0.0614. The maximum Gasteiger partial charge on any atom is 0.136 e. The van der Waals surface area contributed by atoms with Crippen LogP contribution in [0.15, 0.2) is 48.5 Å². The first kappa shape index (κ1) is 11.7. The molecule has 0 fully saturated rings. The average molecular weight is 257 g/mol. The first-order valence-corrected chi connectivity index (χ1v) is 5.91. The van der Waals surface area contributed by atoms with E-state index in [4.69, 9.17) is 9.84 Å². The molecule has 0 spiro atoms. The Labute approximate surface area is 109 Å². The minimum Gasteiger partial charge on any atom is -0.457 e. The molecule has 0 atom stereocenters. The highest BCUT2D eigenvalue weighted by Crippen LogP contribution is 2.30. The quantitative estimate of drug-likeness (QED) is 0.753. The lowest BCUT2D eigenvalue weighted by Gasteiger charge is -2.06. The minimum atomic E-state index is -0.338. The minimum absolute atomic E-state index is 0.0614. The van der Waals surface area contributed by atoms with Crippen LogP contribution in [0, 0.1) is 5.82 Å². The third-order valence-electron chi connectivity index (χ3n) is 2.87. The molecular formula is C15H12FNO2. The highest BCUT2D eigenvalue weighted by Gasteiger charge is 2.07. The number of hydrogen-bond donors (Lipinski definition) is 2. The number of rotatable bonds is 3. The summed E-state index contributed by atoms with van der Waals surface area (Å²) in [5.41, 5.74) is 1.59. The fourth-order valence-electron chi connectivity index (χ4n) is 2.02. The van der Waals surface area contributed by atoms with Crippen LogP contribution >= 0.6 is 0 Å². The van der Waals surface area contributed by atoms with E-state index in [1.54, 1.807) is 12.1 Å². The number of benzene rings is 2. The van der Waals surface area contributed by atoms with E-state index in [1.165, 1.54) is 12.1 Å². The zero-order valence-electron chi connectivity index (χ0n) is 10.1. The number of ether oxygens (including phenoxy) is 1. The summed E-state index contributed by atoms with van der Waals surface area (Å²) in [5, 5.41) is 9.99. The summed E-state index contributed by atoms with van der Waals surface area (Å²) in [5.74, 6) is 0.730. The topological polar surface area (TPSA) is 45.2 Å². The van der Waals surface area contributed by atoms with Gasteiger partial charge in [0.15, 0.2) is 0 Å². The zero-order valence-corrected chi connectivity index (χ0v) is 10.1. The largest absolute Gasteiger partial charge is 0.457 e. The third kappa shape index (κ3) is 2.30. The summed E-state index contributed by atoms with van der Waals surface area (Å²) in [7, 11) is 0. The van der Waals surface area contributed by atoms with Gasteiger partial charge in [-0.1, -0.05) is 12.1 Å². The van der Waals surface area contributed by atoms with Crippen molar-refractivity contribution in [3.8, 4) is 11.5 Å². The number of fused-ring (bicyclic) bond motifs is 1. The molecule has 4 heteroatoms. The lowest BCUT2D eigenvalue weighted by atomic mass is 10.2. The summed E-state index contributed by atoms with van der Waals surface area (Å²) < 4.78 is 18.8. The van der Waals surface area contributed by atoms with E-state index >= 15 is 0 Å². The predicted molar refractivity (Wildman–Crippen MR) is 70.7 cm³/mol. The van der Waals surface area contributed by atoms with Crippen LogP contribution in [-0.2, 0) is 6.61 Å². The molecule has 96 valence electrons. The number of halogens is 1. The van der Waals surface area contributed by atoms with Crippen molar-refractivity contribution >= 4 is 10.9 Å². The normalized spacial score (nSPS) is 10.8. The van der Waals surface area contributed by atoms with Crippen molar-refractivity contribution in [2.24, 2.45) is 0 Å². The van der Waals surface area contributed by atoms with Gasteiger partial charge in [-0.15, -0.1) is 0 Å². The number of hydrogen-bond acceptors (Lipinski definition) is 2. The predicted octanol–water partition coefficient (Wildman–Crippen LogP) is 3.59. The van der Waals surface area contributed by atoms with Gasteiger partial charge in [-0.05, 0) is 30.3 Å². The maximum absolute atomic E-state index is 13.1. The van der Waals surface area contributed by atoms with Gasteiger partial charge >= 0.3 is 0 Å². The average Bonchev–Trinajstić information content (AvgIpc) is 2.83. The lowest BCUT2D eigenvalue weighted by Crippen LogP contribution is -1.85. The van der Waals surface area contributed by atoms with Crippen LogP contribution in [0.25, 0.3) is 10.9 Å². The van der Waals surface area contributed by atoms with Crippen LogP contribution in [0.3, 0.4) is 0 Å². The van der Waals surface area contributed by atoms with Gasteiger partial charge in [-0.3, -0.25) is 0 Å². The van der Waals surface area contributed by atoms with Crippen molar-refractivity contribution in [2.45, 2.75) is 6.61 Å². The van der Waals surface area contributed by atoms with Gasteiger partial charge in [0.1, 0.15) is 17.3 Å². The smallest absolute Gasteiger partial charge is 0.136 e. The second-order valence-electron chi connectivity index (χ2n) is 4.23. The summed E-state index contributed by atoms with van der Waals surface area (Å²) in [6.07, 6.45) is 0. The SMILES string of the molecule is OCc1cc2c(Oc3cccc(F)c3)cccc2[nH]1. The summed E-state index contributed by atoms with van der Waals surface area (Å²) in [4.78, 5) is 3.08. The molecule has 0 aliphatic heterocycles. The first-order chi connectivity index (χ1) is 9.26. The number of H-pyrrole nitrogens is 1. The van der Waals surface area contributed by atoms with Gasteiger partial charge < -0.3 is 14.8 Å². The molecule has 0 amide bonds. The molecule has 3 rings (SSSR count). The van der Waals surface area contributed by atoms with Crippen LogP contribution in [0.1, 0.15) is 5.69 Å². The van der Waals surface area contributed by atoms with E-state index in [0.717, 1.165) is 10.9 Å². The van der Waals surface area contributed by atoms with Gasteiger partial charge in [-0.25, -0.2) is 4.39 Å². The van der Waals surface area contributed by atoms with Crippen molar-refractivity contribution in [1.82, 2.24) is 4.98 Å². The Kier molecular flexibility index (Phi) is 2.93. The van der Waals surface area contributed by atoms with Gasteiger partial charge in [0.25, 0.3) is 0 Å². The molecule has 19 heavy (non-hydrogen) atoms. The Morgan fingerprint density at radius 3 is 2.74 bits per heavy atom. The second kappa shape index (κ2) is 4.74. The van der Waals surface area contributed by atoms with Gasteiger partial charge in [0.05, 0.1) is 6.61 Å². The van der Waals surface area contributed by atoms with Crippen LogP contribution in [0.2, 0.25) is 0 Å². The Balaban J connectivity index is 2.02. The number of aliphatic hydroxyl groups excluding tert-OH is 1. The molecule has 2 N–H and O–H groups in total. The summed E-state index contributed by atoms with van der Waals surface area (Å²) in [6, 6.07) is 13.4. The van der Waals surface area contributed by atoms with E-state index in [0.29, 0.717) is 17.2 Å². The molecule has 0 aliphatic rings. The highest BCUT2D eigenvalue weighted by atomic mass is 19.1. The molecule has 1 aromatic heterocycles. The number of nitrogens with one attached hydrogen (secondary N) is 1. The molecule has 1 heterocycles. The standard InChI is InChI=1S/C15H12FNO2/c16-10-3-1-4-12(7-10)19-15-6-2-5-14-13(15)8-11(9-18)17-14/h1-8,17-18H,9H2. The van der Waals surface area contributed by atoms with Crippen LogP contribution in [0.5, 0.6) is 11.5 Å². The number of aliphatic hydroxyl groups is 1. The fraction of sp³-hybridized carbons (Fsp3) is 0.0667. The fourth-order valence-corrected chi connectivity index (χ4v) is 2.02. The molecule has 0 aliphatic carbocycles. The van der Waals surface area contributed by atoms with Crippen molar-refractivity contribution in [3.05, 3.63) is 60.0 Å². The second-order valence-corrected chi connectivity index (χ2v) is 4.23. The Morgan fingerprint density at radius 2 is 1.95 bits per heavy atom.